The molecule has 0 saturated heterocycles. The van der Waals surface area contributed by atoms with Crippen LogP contribution in [0.3, 0.4) is 0 Å². The molecular formula is C16H16FNO2S. The van der Waals surface area contributed by atoms with Gasteiger partial charge in [-0.2, -0.15) is 11.8 Å². The van der Waals surface area contributed by atoms with Gasteiger partial charge in [0.05, 0.1) is 6.61 Å². The highest BCUT2D eigenvalue weighted by molar-refractivity contribution is 7.97. The van der Waals surface area contributed by atoms with Crippen molar-refractivity contribution >= 4 is 23.4 Å². The van der Waals surface area contributed by atoms with Crippen molar-refractivity contribution in [2.45, 2.75) is 12.4 Å². The van der Waals surface area contributed by atoms with Gasteiger partial charge in [0.15, 0.2) is 0 Å². The summed E-state index contributed by atoms with van der Waals surface area (Å²) in [7, 11) is 0. The van der Waals surface area contributed by atoms with Crippen molar-refractivity contribution in [2.75, 3.05) is 11.6 Å². The maximum Gasteiger partial charge on any atom is 0.255 e. The van der Waals surface area contributed by atoms with Crippen molar-refractivity contribution < 1.29 is 14.3 Å². The molecule has 2 aromatic carbocycles. The van der Waals surface area contributed by atoms with Crippen LogP contribution in [0, 0.1) is 5.82 Å². The van der Waals surface area contributed by atoms with Gasteiger partial charge in [-0.15, -0.1) is 0 Å². The Morgan fingerprint density at radius 1 is 1.29 bits per heavy atom. The van der Waals surface area contributed by atoms with Crippen LogP contribution in [0.4, 0.5) is 10.1 Å². The second kappa shape index (κ2) is 7.24. The summed E-state index contributed by atoms with van der Waals surface area (Å²) in [5, 5.41) is 11.8. The van der Waals surface area contributed by atoms with E-state index in [1.807, 2.05) is 6.26 Å². The van der Waals surface area contributed by atoms with E-state index in [1.54, 1.807) is 30.3 Å². The fraction of sp³-hybridized carbons (Fsp3) is 0.188. The zero-order valence-corrected chi connectivity index (χ0v) is 12.4. The van der Waals surface area contributed by atoms with Crippen molar-refractivity contribution in [3.05, 3.63) is 65.0 Å². The van der Waals surface area contributed by atoms with E-state index in [1.165, 1.54) is 23.9 Å². The Hall–Kier alpha value is -1.85. The number of benzene rings is 2. The lowest BCUT2D eigenvalue weighted by Crippen LogP contribution is -2.12. The highest BCUT2D eigenvalue weighted by Gasteiger charge is 2.10. The molecule has 2 rings (SSSR count). The van der Waals surface area contributed by atoms with Gasteiger partial charge in [-0.3, -0.25) is 4.79 Å². The van der Waals surface area contributed by atoms with Crippen LogP contribution in [-0.2, 0) is 12.4 Å². The number of nitrogens with one attached hydrogen (secondary N) is 1. The Labute approximate surface area is 127 Å². The minimum Gasteiger partial charge on any atom is -0.392 e. The zero-order chi connectivity index (χ0) is 15.2. The molecule has 110 valence electrons. The number of aliphatic hydroxyl groups excluding tert-OH is 1. The average Bonchev–Trinajstić information content (AvgIpc) is 2.50. The predicted octanol–water partition coefficient (Wildman–Crippen LogP) is 3.43. The maximum atomic E-state index is 13.6. The third-order valence-electron chi connectivity index (χ3n) is 2.98. The number of amides is 1. The third-order valence-corrected chi connectivity index (χ3v) is 3.57. The number of carbonyl (C=O) groups excluding carboxylic acids is 1. The van der Waals surface area contributed by atoms with Crippen LogP contribution in [0.1, 0.15) is 21.5 Å². The molecule has 0 bridgehead atoms. The van der Waals surface area contributed by atoms with Crippen LogP contribution in [0.2, 0.25) is 0 Å². The Kier molecular flexibility index (Phi) is 5.36. The number of thioether (sulfide) groups is 1. The highest BCUT2D eigenvalue weighted by Crippen LogP contribution is 2.17. The van der Waals surface area contributed by atoms with E-state index < -0.39 is 0 Å². The first kappa shape index (κ1) is 15.5. The molecular weight excluding hydrogens is 289 g/mol. The number of halogens is 1. The van der Waals surface area contributed by atoms with Crippen molar-refractivity contribution in [2.24, 2.45) is 0 Å². The normalized spacial score (nSPS) is 10.4. The lowest BCUT2D eigenvalue weighted by atomic mass is 10.1. The summed E-state index contributed by atoms with van der Waals surface area (Å²) in [5.74, 6) is -0.0805. The Balaban J connectivity index is 2.18. The Morgan fingerprint density at radius 2 is 2.10 bits per heavy atom. The molecule has 3 nitrogen and oxygen atoms in total. The molecule has 2 aromatic rings. The zero-order valence-electron chi connectivity index (χ0n) is 11.6. The second-order valence-electron chi connectivity index (χ2n) is 4.55. The van der Waals surface area contributed by atoms with Crippen LogP contribution >= 0.6 is 11.8 Å². The number of aliphatic hydroxyl groups is 1. The molecule has 0 saturated carbocycles. The molecule has 0 radical (unpaired) electrons. The molecule has 0 aliphatic rings. The monoisotopic (exact) mass is 305 g/mol. The Morgan fingerprint density at radius 3 is 2.81 bits per heavy atom. The molecule has 2 N–H and O–H groups in total. The van der Waals surface area contributed by atoms with Crippen LogP contribution in [0.5, 0.6) is 0 Å². The molecule has 0 fully saturated rings. The van der Waals surface area contributed by atoms with E-state index in [0.29, 0.717) is 22.6 Å². The first-order valence-corrected chi connectivity index (χ1v) is 7.82. The largest absolute Gasteiger partial charge is 0.392 e. The van der Waals surface area contributed by atoms with Gasteiger partial charge >= 0.3 is 0 Å². The van der Waals surface area contributed by atoms with Crippen LogP contribution in [0.25, 0.3) is 0 Å². The van der Waals surface area contributed by atoms with E-state index in [2.05, 4.69) is 5.32 Å². The molecule has 0 unspecified atom stereocenters. The van der Waals surface area contributed by atoms with Crippen molar-refractivity contribution in [3.8, 4) is 0 Å². The van der Waals surface area contributed by atoms with E-state index in [-0.39, 0.29) is 18.3 Å². The number of rotatable bonds is 5. The van der Waals surface area contributed by atoms with Crippen molar-refractivity contribution in [3.63, 3.8) is 0 Å². The summed E-state index contributed by atoms with van der Waals surface area (Å²) in [4.78, 5) is 12.2. The van der Waals surface area contributed by atoms with Gasteiger partial charge in [0.25, 0.3) is 5.91 Å². The summed E-state index contributed by atoms with van der Waals surface area (Å²) < 4.78 is 13.6. The van der Waals surface area contributed by atoms with Gasteiger partial charge in [0.1, 0.15) is 5.82 Å². The Bertz CT molecular complexity index is 646. The third kappa shape index (κ3) is 4.06. The van der Waals surface area contributed by atoms with Gasteiger partial charge in [-0.1, -0.05) is 12.1 Å². The number of carbonyl (C=O) groups is 1. The van der Waals surface area contributed by atoms with Gasteiger partial charge in [-0.05, 0) is 47.7 Å². The summed E-state index contributed by atoms with van der Waals surface area (Å²) in [6.45, 7) is -0.0852. The number of hydrogen-bond acceptors (Lipinski definition) is 3. The lowest BCUT2D eigenvalue weighted by Gasteiger charge is -2.08. The topological polar surface area (TPSA) is 49.3 Å². The molecule has 21 heavy (non-hydrogen) atoms. The molecule has 0 atom stereocenters. The first-order chi connectivity index (χ1) is 10.1. The lowest BCUT2D eigenvalue weighted by molar-refractivity contribution is 0.102. The summed E-state index contributed by atoms with van der Waals surface area (Å²) >= 11 is 1.50. The van der Waals surface area contributed by atoms with Crippen molar-refractivity contribution in [1.82, 2.24) is 0 Å². The quantitative estimate of drug-likeness (QED) is 0.889. The molecule has 1 amide bonds. The molecule has 0 aromatic heterocycles. The van der Waals surface area contributed by atoms with E-state index in [9.17, 15) is 9.18 Å². The van der Waals surface area contributed by atoms with Crippen molar-refractivity contribution in [1.29, 1.82) is 0 Å². The fourth-order valence-corrected chi connectivity index (χ4v) is 2.47. The number of anilines is 1. The van der Waals surface area contributed by atoms with Gasteiger partial charge < -0.3 is 10.4 Å². The average molecular weight is 305 g/mol. The van der Waals surface area contributed by atoms with E-state index in [4.69, 9.17) is 5.11 Å². The van der Waals surface area contributed by atoms with Crippen LogP contribution < -0.4 is 5.32 Å². The molecule has 0 spiro atoms. The minimum atomic E-state index is -0.303. The van der Waals surface area contributed by atoms with Gasteiger partial charge in [0, 0.05) is 17.0 Å². The van der Waals surface area contributed by atoms with Gasteiger partial charge in [0.2, 0.25) is 0 Å². The van der Waals surface area contributed by atoms with Gasteiger partial charge in [-0.25, -0.2) is 4.39 Å². The minimum absolute atomic E-state index is 0.0852. The summed E-state index contributed by atoms with van der Waals surface area (Å²) in [6.07, 6.45) is 1.88. The summed E-state index contributed by atoms with van der Waals surface area (Å²) in [5.41, 5.74) is 2.24. The van der Waals surface area contributed by atoms with E-state index >= 15 is 0 Å². The molecule has 5 heteroatoms. The molecule has 0 heterocycles. The highest BCUT2D eigenvalue weighted by atomic mass is 32.2. The smallest absolute Gasteiger partial charge is 0.255 e. The van der Waals surface area contributed by atoms with E-state index in [0.717, 1.165) is 5.56 Å². The predicted molar refractivity (Wildman–Crippen MR) is 83.9 cm³/mol. The fourth-order valence-electron chi connectivity index (χ4n) is 1.93. The SMILES string of the molecule is CSCc1cc(C(=O)Nc2cccc(CO)c2)ccc1F. The number of hydrogen-bond donors (Lipinski definition) is 2. The standard InChI is InChI=1S/C16H16FNO2S/c1-21-10-13-8-12(5-6-15(13)17)16(20)18-14-4-2-3-11(7-14)9-19/h2-8,19H,9-10H2,1H3,(H,18,20). The van der Waals surface area contributed by atoms with Crippen LogP contribution in [0.15, 0.2) is 42.5 Å². The molecule has 0 aliphatic carbocycles. The maximum absolute atomic E-state index is 13.6. The van der Waals surface area contributed by atoms with Crippen LogP contribution in [-0.4, -0.2) is 17.3 Å². The second-order valence-corrected chi connectivity index (χ2v) is 5.42. The first-order valence-electron chi connectivity index (χ1n) is 6.42. The summed E-state index contributed by atoms with van der Waals surface area (Å²) in [6, 6.07) is 11.3. The molecule has 0 aliphatic heterocycles.